The Hall–Kier alpha value is 1.72. The summed E-state index contributed by atoms with van der Waals surface area (Å²) in [4.78, 5) is 0. The van der Waals surface area contributed by atoms with E-state index in [1.165, 1.54) is 0 Å². The van der Waals surface area contributed by atoms with E-state index < -0.39 is 0 Å². The molecule has 0 spiro atoms. The molecule has 0 heterocycles. The zero-order valence-electron chi connectivity index (χ0n) is 3.08. The van der Waals surface area contributed by atoms with Crippen LogP contribution in [0.25, 0.3) is 0 Å². The van der Waals surface area contributed by atoms with Gasteiger partial charge in [0.25, 0.3) is 0 Å². The van der Waals surface area contributed by atoms with Gasteiger partial charge in [0.1, 0.15) is 0 Å². The van der Waals surface area contributed by atoms with E-state index >= 15 is 0 Å². The van der Waals surface area contributed by atoms with Crippen molar-refractivity contribution < 1.29 is 0 Å². The van der Waals surface area contributed by atoms with Crippen LogP contribution >= 0.6 is 33.7 Å². The van der Waals surface area contributed by atoms with Crippen molar-refractivity contribution in [3.05, 3.63) is 0 Å². The minimum Gasteiger partial charge on any atom is -0.110 e. The highest BCUT2D eigenvalue weighted by Gasteiger charge is 1.53. The van der Waals surface area contributed by atoms with Crippen molar-refractivity contribution in [2.24, 2.45) is 0 Å². The summed E-state index contributed by atoms with van der Waals surface area (Å²) >= 11 is 0. The van der Waals surface area contributed by atoms with E-state index in [-0.39, 0.29) is 0 Å². The Balaban J connectivity index is 2.19. The Kier molecular flexibility index (Phi) is 4.60. The lowest BCUT2D eigenvalue weighted by atomic mass is 29.4. The molecule has 0 radical (unpaired) electrons. The molecule has 0 N–H and O–H groups in total. The van der Waals surface area contributed by atoms with Crippen molar-refractivity contribution in [2.45, 2.75) is 0 Å². The first-order valence-corrected chi connectivity index (χ1v) is 7.10. The van der Waals surface area contributed by atoms with Crippen LogP contribution in [0.3, 0.4) is 0 Å². The van der Waals surface area contributed by atoms with Crippen molar-refractivity contribution in [1.29, 1.82) is 1.28 Å². The van der Waals surface area contributed by atoms with Gasteiger partial charge in [0.05, 0.1) is 1.28 Å². The number of hydrogen-bond acceptors (Lipinski definition) is 0. The first-order chi connectivity index (χ1) is 2.41. The topological polar surface area (TPSA) is 0 Å². The molecule has 0 nitrogen and oxygen atoms in total. The molecule has 4 heavy (non-hydrogen) atoms. The second kappa shape index (κ2) is 4.72. The summed E-state index contributed by atoms with van der Waals surface area (Å²) in [5, 5.41) is 0. The van der Waals surface area contributed by atoms with Gasteiger partial charge in [-0.25, -0.2) is 0 Å². The fourth-order valence-electron chi connectivity index (χ4n) is 0. The average Bonchev–Trinajstić information content (AvgIpc) is 1.41. The SMILES string of the molecule is [3H]PPPP. The number of hydrogen-bond donors (Lipinski definition) is 0. The smallest absolute Gasteiger partial charge is 0.0594 e. The lowest BCUT2D eigenvalue weighted by molar-refractivity contribution is 5.30. The first kappa shape index (κ1) is 3.89. The predicted molar refractivity (Wildman–Crippen MR) is 36.1 cm³/mol. The highest BCUT2D eigenvalue weighted by atomic mass is 32.6. The van der Waals surface area contributed by atoms with Crippen LogP contribution in [0.1, 0.15) is 0 Å². The minimum absolute atomic E-state index is 0.427. The first-order valence-electron chi connectivity index (χ1n) is 1.29. The van der Waals surface area contributed by atoms with Gasteiger partial charge in [-0.2, -0.15) is 0 Å². The molecule has 26 valence electrons. The molecule has 0 aromatic rings. The monoisotopic (exact) mass is 132 g/mol. The summed E-state index contributed by atoms with van der Waals surface area (Å²) in [6, 6.07) is 0. The molecule has 0 fully saturated rings. The van der Waals surface area contributed by atoms with E-state index in [2.05, 4.69) is 8.93 Å². The summed E-state index contributed by atoms with van der Waals surface area (Å²) in [7, 11) is 4.86. The molecule has 0 aliphatic heterocycles. The van der Waals surface area contributed by atoms with Crippen LogP contribution in [0.4, 0.5) is 0 Å². The lowest BCUT2D eigenvalue weighted by Gasteiger charge is -1.70. The maximum absolute atomic E-state index is 6.64. The summed E-state index contributed by atoms with van der Waals surface area (Å²) in [5.41, 5.74) is 0. The van der Waals surface area contributed by atoms with E-state index in [9.17, 15) is 0 Å². The Morgan fingerprint density at radius 2 is 2.50 bits per heavy atom. The zero-order chi connectivity index (χ0) is 4.12. The fourth-order valence-corrected chi connectivity index (χ4v) is 0. The third-order valence-corrected chi connectivity index (χ3v) is 5.85. The van der Waals surface area contributed by atoms with E-state index in [0.717, 1.165) is 15.9 Å². The van der Waals surface area contributed by atoms with Crippen LogP contribution in [0, 0.1) is 0 Å². The molecule has 0 saturated heterocycles. The molecule has 0 aliphatic carbocycles. The quantitative estimate of drug-likeness (QED) is 0.502. The lowest BCUT2D eigenvalue weighted by Crippen LogP contribution is -0.756. The van der Waals surface area contributed by atoms with Gasteiger partial charge in [0.2, 0.25) is 0 Å². The predicted octanol–water partition coefficient (Wildman–Crippen LogP) is 1.84. The summed E-state index contributed by atoms with van der Waals surface area (Å²) in [6.45, 7) is 0. The molecule has 0 rings (SSSR count). The maximum atomic E-state index is 6.64. The van der Waals surface area contributed by atoms with Crippen molar-refractivity contribution in [3.63, 3.8) is 0 Å². The summed E-state index contributed by atoms with van der Waals surface area (Å²) in [6.07, 6.45) is 0. The Labute approximate surface area is 35.8 Å². The molecule has 0 bridgehead atoms. The second-order valence-electron chi connectivity index (χ2n) is 0.269. The fraction of sp³-hybridized carbons (Fsp3) is 0. The molecule has 0 aliphatic rings. The van der Waals surface area contributed by atoms with Crippen molar-refractivity contribution in [2.75, 3.05) is 0 Å². The molecular formula is H6P4. The van der Waals surface area contributed by atoms with Gasteiger partial charge in [-0.1, -0.05) is 15.9 Å². The van der Waals surface area contributed by atoms with E-state index in [1.807, 2.05) is 0 Å². The van der Waals surface area contributed by atoms with E-state index in [4.69, 9.17) is 1.28 Å². The summed E-state index contributed by atoms with van der Waals surface area (Å²) in [5.74, 6) is 0. The van der Waals surface area contributed by atoms with Gasteiger partial charge in [-0.3, -0.25) is 0 Å². The third kappa shape index (κ3) is 3.72. The Bertz CT molecular complexity index is 11.1. The van der Waals surface area contributed by atoms with Crippen molar-refractivity contribution >= 4 is 33.7 Å². The van der Waals surface area contributed by atoms with E-state index in [0.29, 0.717) is 8.87 Å². The van der Waals surface area contributed by atoms with Crippen LogP contribution in [-0.2, 0) is 0 Å². The number of rotatable bonds is 2. The van der Waals surface area contributed by atoms with Gasteiger partial charge in [0.15, 0.2) is 0 Å². The van der Waals surface area contributed by atoms with Gasteiger partial charge in [0, 0.05) is 0 Å². The Morgan fingerprint density at radius 1 is 1.75 bits per heavy atom. The molecular weight excluding hydrogens is 124 g/mol. The van der Waals surface area contributed by atoms with Gasteiger partial charge in [-0.15, -0.1) is 17.8 Å². The van der Waals surface area contributed by atoms with Gasteiger partial charge in [-0.05, 0) is 0 Å². The van der Waals surface area contributed by atoms with Gasteiger partial charge < -0.3 is 0 Å². The third-order valence-electron chi connectivity index (χ3n) is 0.0722. The molecule has 0 saturated carbocycles. The highest BCUT2D eigenvalue weighted by molar-refractivity contribution is 8.54. The molecule has 4 atom stereocenters. The summed E-state index contributed by atoms with van der Waals surface area (Å²) < 4.78 is 6.64. The highest BCUT2D eigenvalue weighted by Crippen LogP contribution is 2.48. The van der Waals surface area contributed by atoms with Crippen molar-refractivity contribution in [1.82, 2.24) is 0 Å². The average molecular weight is 132 g/mol. The molecule has 0 aromatic carbocycles. The van der Waals surface area contributed by atoms with Crippen LogP contribution in [0.5, 0.6) is 0 Å². The zero-order valence-corrected chi connectivity index (χ0v) is 6.23. The normalized spacial score (nSPS) is 19.8. The van der Waals surface area contributed by atoms with Crippen LogP contribution in [0.2, 0.25) is 0 Å². The van der Waals surface area contributed by atoms with E-state index in [1.54, 1.807) is 0 Å². The van der Waals surface area contributed by atoms with Gasteiger partial charge >= 0.3 is 0 Å². The Morgan fingerprint density at radius 3 is 2.50 bits per heavy atom. The second-order valence-corrected chi connectivity index (χ2v) is 7.27. The minimum atomic E-state index is 0.427. The standard InChI is InChI=1S/H6P4/c1-3-4-2/h3-4H,1-2H2/i1T. The molecule has 4 unspecified atom stereocenters. The van der Waals surface area contributed by atoms with Crippen LogP contribution in [0.15, 0.2) is 0 Å². The van der Waals surface area contributed by atoms with Crippen molar-refractivity contribution in [3.8, 4) is 0 Å². The maximum Gasteiger partial charge on any atom is 0.0594 e. The largest absolute Gasteiger partial charge is 0.110 e. The molecule has 0 aromatic heterocycles. The van der Waals surface area contributed by atoms with Crippen LogP contribution < -0.4 is 0 Å². The van der Waals surface area contributed by atoms with Crippen LogP contribution in [-0.4, -0.2) is 1.28 Å². The molecule has 0 amide bonds. The molecule has 4 heteroatoms.